The fourth-order valence-electron chi connectivity index (χ4n) is 2.60. The normalized spacial score (nSPS) is 37.9. The molecule has 0 aromatic heterocycles. The molecule has 2 heteroatoms. The van der Waals surface area contributed by atoms with Crippen LogP contribution in [-0.2, 0) is 4.79 Å². The Labute approximate surface area is 73.9 Å². The van der Waals surface area contributed by atoms with Gasteiger partial charge in [-0.15, -0.1) is 0 Å². The summed E-state index contributed by atoms with van der Waals surface area (Å²) in [7, 11) is 2.19. The van der Waals surface area contributed by atoms with Crippen LogP contribution in [0.3, 0.4) is 0 Å². The van der Waals surface area contributed by atoms with Gasteiger partial charge in [0.15, 0.2) is 0 Å². The molecule has 0 radical (unpaired) electrons. The SMILES string of the molecule is CN1CCC2CC(=O)CCC2C1. The van der Waals surface area contributed by atoms with Crippen LogP contribution in [0, 0.1) is 11.8 Å². The van der Waals surface area contributed by atoms with E-state index < -0.39 is 0 Å². The predicted molar refractivity (Wildman–Crippen MR) is 48.0 cm³/mol. The van der Waals surface area contributed by atoms with Crippen molar-refractivity contribution in [3.63, 3.8) is 0 Å². The van der Waals surface area contributed by atoms with Gasteiger partial charge in [-0.2, -0.15) is 0 Å². The summed E-state index contributed by atoms with van der Waals surface area (Å²) < 4.78 is 0. The first-order chi connectivity index (χ1) is 5.75. The lowest BCUT2D eigenvalue weighted by Gasteiger charge is -2.39. The third-order valence-electron chi connectivity index (χ3n) is 3.38. The van der Waals surface area contributed by atoms with Crippen molar-refractivity contribution in [2.75, 3.05) is 20.1 Å². The van der Waals surface area contributed by atoms with Crippen LogP contribution in [0.4, 0.5) is 0 Å². The van der Waals surface area contributed by atoms with Crippen LogP contribution in [0.25, 0.3) is 0 Å². The Morgan fingerprint density at radius 1 is 1.33 bits per heavy atom. The monoisotopic (exact) mass is 167 g/mol. The summed E-state index contributed by atoms with van der Waals surface area (Å²) >= 11 is 0. The van der Waals surface area contributed by atoms with E-state index in [9.17, 15) is 4.79 Å². The van der Waals surface area contributed by atoms with E-state index in [1.807, 2.05) is 0 Å². The Hall–Kier alpha value is -0.370. The summed E-state index contributed by atoms with van der Waals surface area (Å²) in [5.41, 5.74) is 0. The van der Waals surface area contributed by atoms with Crippen LogP contribution in [0.1, 0.15) is 25.7 Å². The lowest BCUT2D eigenvalue weighted by atomic mass is 9.75. The highest BCUT2D eigenvalue weighted by Gasteiger charge is 2.32. The molecule has 1 aliphatic heterocycles. The first-order valence-corrected chi connectivity index (χ1v) is 4.96. The number of piperidine rings is 1. The zero-order valence-electron chi connectivity index (χ0n) is 7.75. The molecule has 2 fully saturated rings. The van der Waals surface area contributed by atoms with Crippen LogP contribution < -0.4 is 0 Å². The third-order valence-corrected chi connectivity index (χ3v) is 3.38. The van der Waals surface area contributed by atoms with Gasteiger partial charge >= 0.3 is 0 Å². The third kappa shape index (κ3) is 1.53. The van der Waals surface area contributed by atoms with E-state index in [0.717, 1.165) is 31.1 Å². The topological polar surface area (TPSA) is 20.3 Å². The molecule has 1 saturated carbocycles. The minimum absolute atomic E-state index is 0.501. The highest BCUT2D eigenvalue weighted by Crippen LogP contribution is 2.33. The molecule has 0 aromatic rings. The largest absolute Gasteiger partial charge is 0.306 e. The van der Waals surface area contributed by atoms with Crippen LogP contribution in [0.15, 0.2) is 0 Å². The van der Waals surface area contributed by atoms with Gasteiger partial charge in [-0.1, -0.05) is 0 Å². The molecule has 1 saturated heterocycles. The van der Waals surface area contributed by atoms with Crippen molar-refractivity contribution in [2.45, 2.75) is 25.7 Å². The highest BCUT2D eigenvalue weighted by atomic mass is 16.1. The molecule has 2 aliphatic rings. The lowest BCUT2D eigenvalue weighted by molar-refractivity contribution is -0.123. The predicted octanol–water partition coefficient (Wildman–Crippen LogP) is 1.31. The van der Waals surface area contributed by atoms with Crippen molar-refractivity contribution < 1.29 is 4.79 Å². The Kier molecular flexibility index (Phi) is 2.18. The Morgan fingerprint density at radius 3 is 3.00 bits per heavy atom. The van der Waals surface area contributed by atoms with Gasteiger partial charge in [0.2, 0.25) is 0 Å². The standard InChI is InChI=1S/C10H17NO/c1-11-5-4-8-6-10(12)3-2-9(8)7-11/h8-9H,2-7H2,1H3. The smallest absolute Gasteiger partial charge is 0.133 e. The lowest BCUT2D eigenvalue weighted by Crippen LogP contribution is -2.41. The molecule has 1 aliphatic carbocycles. The minimum atomic E-state index is 0.501. The first kappa shape index (κ1) is 8.24. The average molecular weight is 167 g/mol. The first-order valence-electron chi connectivity index (χ1n) is 4.96. The average Bonchev–Trinajstić information content (AvgIpc) is 2.05. The molecule has 12 heavy (non-hydrogen) atoms. The number of hydrogen-bond acceptors (Lipinski definition) is 2. The van der Waals surface area contributed by atoms with Crippen LogP contribution in [-0.4, -0.2) is 30.8 Å². The summed E-state index contributed by atoms with van der Waals surface area (Å²) in [6, 6.07) is 0. The van der Waals surface area contributed by atoms with Crippen molar-refractivity contribution in [3.05, 3.63) is 0 Å². The summed E-state index contributed by atoms with van der Waals surface area (Å²) in [5, 5.41) is 0. The second-order valence-corrected chi connectivity index (χ2v) is 4.35. The molecule has 1 heterocycles. The zero-order valence-corrected chi connectivity index (χ0v) is 7.75. The Balaban J connectivity index is 1.98. The number of carbonyl (C=O) groups excluding carboxylic acids is 1. The molecular weight excluding hydrogens is 150 g/mol. The molecule has 0 bridgehead atoms. The minimum Gasteiger partial charge on any atom is -0.306 e. The van der Waals surface area contributed by atoms with E-state index in [1.165, 1.54) is 19.5 Å². The number of likely N-dealkylation sites (tertiary alicyclic amines) is 1. The molecule has 2 rings (SSSR count). The van der Waals surface area contributed by atoms with E-state index in [1.54, 1.807) is 0 Å². The van der Waals surface area contributed by atoms with E-state index in [0.29, 0.717) is 5.78 Å². The van der Waals surface area contributed by atoms with Crippen molar-refractivity contribution in [2.24, 2.45) is 11.8 Å². The molecule has 0 aromatic carbocycles. The maximum absolute atomic E-state index is 11.2. The van der Waals surface area contributed by atoms with Gasteiger partial charge in [-0.3, -0.25) is 4.79 Å². The van der Waals surface area contributed by atoms with Gasteiger partial charge in [0.05, 0.1) is 0 Å². The number of nitrogens with zero attached hydrogens (tertiary/aromatic N) is 1. The number of hydrogen-bond donors (Lipinski definition) is 0. The van der Waals surface area contributed by atoms with E-state index >= 15 is 0 Å². The van der Waals surface area contributed by atoms with E-state index in [4.69, 9.17) is 0 Å². The maximum atomic E-state index is 11.2. The summed E-state index contributed by atoms with van der Waals surface area (Å²) in [6.07, 6.45) is 4.11. The summed E-state index contributed by atoms with van der Waals surface area (Å²) in [4.78, 5) is 13.6. The molecule has 2 atom stereocenters. The summed E-state index contributed by atoms with van der Waals surface area (Å²) in [6.45, 7) is 2.41. The van der Waals surface area contributed by atoms with Crippen molar-refractivity contribution >= 4 is 5.78 Å². The molecule has 0 spiro atoms. The molecule has 2 unspecified atom stereocenters. The van der Waals surface area contributed by atoms with Gasteiger partial charge in [-0.05, 0) is 38.3 Å². The molecule has 2 nitrogen and oxygen atoms in total. The number of rotatable bonds is 0. The quantitative estimate of drug-likeness (QED) is 0.542. The van der Waals surface area contributed by atoms with Gasteiger partial charge < -0.3 is 4.90 Å². The van der Waals surface area contributed by atoms with Crippen molar-refractivity contribution in [1.29, 1.82) is 0 Å². The van der Waals surface area contributed by atoms with E-state index in [2.05, 4.69) is 11.9 Å². The van der Waals surface area contributed by atoms with E-state index in [-0.39, 0.29) is 0 Å². The van der Waals surface area contributed by atoms with Crippen LogP contribution >= 0.6 is 0 Å². The number of ketones is 1. The fourth-order valence-corrected chi connectivity index (χ4v) is 2.60. The van der Waals surface area contributed by atoms with Crippen LogP contribution in [0.5, 0.6) is 0 Å². The Bertz CT molecular complexity index is 190. The highest BCUT2D eigenvalue weighted by molar-refractivity contribution is 5.79. The van der Waals surface area contributed by atoms with Gasteiger partial charge in [0, 0.05) is 19.4 Å². The van der Waals surface area contributed by atoms with Gasteiger partial charge in [-0.25, -0.2) is 0 Å². The molecule has 0 N–H and O–H groups in total. The number of carbonyl (C=O) groups is 1. The molecule has 68 valence electrons. The fraction of sp³-hybridized carbons (Fsp3) is 0.900. The Morgan fingerprint density at radius 2 is 2.17 bits per heavy atom. The zero-order chi connectivity index (χ0) is 8.55. The van der Waals surface area contributed by atoms with Gasteiger partial charge in [0.1, 0.15) is 5.78 Å². The number of fused-ring (bicyclic) bond motifs is 1. The molecular formula is C10H17NO. The number of Topliss-reactive ketones (excluding diaryl/α,β-unsaturated/α-hetero) is 1. The second kappa shape index (κ2) is 3.17. The van der Waals surface area contributed by atoms with Crippen molar-refractivity contribution in [3.8, 4) is 0 Å². The molecule has 0 amide bonds. The second-order valence-electron chi connectivity index (χ2n) is 4.35. The van der Waals surface area contributed by atoms with Crippen molar-refractivity contribution in [1.82, 2.24) is 4.90 Å². The van der Waals surface area contributed by atoms with Gasteiger partial charge in [0.25, 0.3) is 0 Å². The summed E-state index contributed by atoms with van der Waals surface area (Å²) in [5.74, 6) is 2.05. The maximum Gasteiger partial charge on any atom is 0.133 e. The van der Waals surface area contributed by atoms with Crippen LogP contribution in [0.2, 0.25) is 0 Å².